The summed E-state index contributed by atoms with van der Waals surface area (Å²) in [5, 5.41) is 0. The third-order valence-electron chi connectivity index (χ3n) is 7.62. The summed E-state index contributed by atoms with van der Waals surface area (Å²) in [5.74, 6) is 1.08. The highest BCUT2D eigenvalue weighted by molar-refractivity contribution is 7.55. The summed E-state index contributed by atoms with van der Waals surface area (Å²) in [7, 11) is -4.14. The second-order valence-electron chi connectivity index (χ2n) is 9.50. The molecule has 4 nitrogen and oxygen atoms in total. The highest BCUT2D eigenvalue weighted by atomic mass is 31.2. The molecule has 4 aromatic carbocycles. The molecule has 4 aromatic rings. The standard InChI is InChI=1S/C29H24O4P/c30-34(31)32-25-17-23(19-7-3-1-4-8-19)15-21-11-13-29(27(21)25)14-12-22-16-24(18-26(33-34)28(22)29)20-9-5-2-6-10-20/h1-10,15-18,30-31H,11-14H2/q+1. The first-order valence-electron chi connectivity index (χ1n) is 11.7. The Bertz CT molecular complexity index is 1320. The van der Waals surface area contributed by atoms with Gasteiger partial charge in [0.1, 0.15) is 0 Å². The van der Waals surface area contributed by atoms with Crippen LogP contribution in [0.4, 0.5) is 0 Å². The van der Waals surface area contributed by atoms with Crippen molar-refractivity contribution in [2.45, 2.75) is 31.1 Å². The smallest absolute Gasteiger partial charge is 0.254 e. The predicted octanol–water partition coefficient (Wildman–Crippen LogP) is 6.63. The van der Waals surface area contributed by atoms with Crippen LogP contribution in [0.25, 0.3) is 22.3 Å². The zero-order valence-electron chi connectivity index (χ0n) is 18.6. The number of rotatable bonds is 2. The molecule has 3 aliphatic rings. The first kappa shape index (κ1) is 20.2. The molecular weight excluding hydrogens is 443 g/mol. The molecule has 1 aliphatic heterocycles. The van der Waals surface area contributed by atoms with Crippen LogP contribution < -0.4 is 9.05 Å². The molecule has 0 aromatic heterocycles. The molecule has 1 heterocycles. The lowest BCUT2D eigenvalue weighted by Crippen LogP contribution is -2.26. The fourth-order valence-corrected chi connectivity index (χ4v) is 7.12. The van der Waals surface area contributed by atoms with Gasteiger partial charge in [0.2, 0.25) is 0 Å². The van der Waals surface area contributed by atoms with Crippen LogP contribution in [0.2, 0.25) is 0 Å². The summed E-state index contributed by atoms with van der Waals surface area (Å²) in [6, 6.07) is 28.7. The van der Waals surface area contributed by atoms with E-state index in [-0.39, 0.29) is 5.41 Å². The number of hydrogen-bond donors (Lipinski definition) is 2. The van der Waals surface area contributed by atoms with Gasteiger partial charge in [0.25, 0.3) is 0 Å². The van der Waals surface area contributed by atoms with Crippen LogP contribution in [0.15, 0.2) is 84.9 Å². The molecule has 0 atom stereocenters. The van der Waals surface area contributed by atoms with E-state index < -0.39 is 8.17 Å². The van der Waals surface area contributed by atoms with Gasteiger partial charge in [0.05, 0.1) is 0 Å². The zero-order chi connectivity index (χ0) is 22.9. The molecule has 2 aliphatic carbocycles. The number of hydrogen-bond acceptors (Lipinski definition) is 4. The van der Waals surface area contributed by atoms with E-state index in [1.165, 1.54) is 11.1 Å². The van der Waals surface area contributed by atoms with Gasteiger partial charge in [-0.05, 0) is 71.2 Å². The molecule has 168 valence electrons. The highest BCUT2D eigenvalue weighted by Crippen LogP contribution is 2.65. The SMILES string of the molecule is O[P+]1(O)Oc2cc(-c3ccccc3)cc3c2C2(CC3)CCc3cc(-c4ccccc4)cc(c32)O1. The van der Waals surface area contributed by atoms with Crippen molar-refractivity contribution in [3.05, 3.63) is 107 Å². The lowest BCUT2D eigenvalue weighted by molar-refractivity contribution is 0.238. The summed E-state index contributed by atoms with van der Waals surface area (Å²) in [4.78, 5) is 21.8. The van der Waals surface area contributed by atoms with E-state index in [0.717, 1.165) is 59.1 Å². The summed E-state index contributed by atoms with van der Waals surface area (Å²) in [6.07, 6.45) is 3.78. The predicted molar refractivity (Wildman–Crippen MR) is 134 cm³/mol. The van der Waals surface area contributed by atoms with Crippen molar-refractivity contribution < 1.29 is 18.8 Å². The Hall–Kier alpha value is -3.17. The molecule has 7 rings (SSSR count). The fourth-order valence-electron chi connectivity index (χ4n) is 6.29. The molecule has 0 radical (unpaired) electrons. The van der Waals surface area contributed by atoms with E-state index in [1.54, 1.807) is 0 Å². The molecule has 2 N–H and O–H groups in total. The lowest BCUT2D eigenvalue weighted by Gasteiger charge is -2.31. The second-order valence-corrected chi connectivity index (χ2v) is 10.9. The van der Waals surface area contributed by atoms with Crippen LogP contribution in [0, 0.1) is 0 Å². The maximum atomic E-state index is 10.9. The lowest BCUT2D eigenvalue weighted by atomic mass is 9.75. The topological polar surface area (TPSA) is 58.9 Å². The summed E-state index contributed by atoms with van der Waals surface area (Å²) in [5.41, 5.74) is 8.64. The van der Waals surface area contributed by atoms with Crippen molar-refractivity contribution in [1.29, 1.82) is 0 Å². The first-order valence-corrected chi connectivity index (χ1v) is 13.2. The molecular formula is C29H24O4P+. The summed E-state index contributed by atoms with van der Waals surface area (Å²) >= 11 is 0. The highest BCUT2D eigenvalue weighted by Gasteiger charge is 2.56. The van der Waals surface area contributed by atoms with Crippen molar-refractivity contribution in [2.75, 3.05) is 0 Å². The van der Waals surface area contributed by atoms with Crippen LogP contribution in [-0.2, 0) is 18.3 Å². The van der Waals surface area contributed by atoms with Crippen LogP contribution in [-0.4, -0.2) is 9.79 Å². The third-order valence-corrected chi connectivity index (χ3v) is 8.48. The molecule has 34 heavy (non-hydrogen) atoms. The molecule has 0 saturated carbocycles. The van der Waals surface area contributed by atoms with Gasteiger partial charge in [-0.25, -0.2) is 0 Å². The zero-order valence-corrected chi connectivity index (χ0v) is 19.5. The number of aryl methyl sites for hydroxylation is 2. The monoisotopic (exact) mass is 467 g/mol. The quantitative estimate of drug-likeness (QED) is 0.325. The van der Waals surface area contributed by atoms with Crippen LogP contribution in [0.1, 0.15) is 35.1 Å². The van der Waals surface area contributed by atoms with Crippen molar-refractivity contribution in [2.24, 2.45) is 0 Å². The van der Waals surface area contributed by atoms with Gasteiger partial charge in [-0.3, -0.25) is 9.05 Å². The minimum absolute atomic E-state index is 0.222. The van der Waals surface area contributed by atoms with E-state index in [9.17, 15) is 9.79 Å². The molecule has 0 saturated heterocycles. The molecule has 0 unspecified atom stereocenters. The van der Waals surface area contributed by atoms with Gasteiger partial charge in [-0.2, -0.15) is 9.79 Å². The van der Waals surface area contributed by atoms with Gasteiger partial charge >= 0.3 is 8.17 Å². The van der Waals surface area contributed by atoms with Gasteiger partial charge in [0.15, 0.2) is 11.5 Å². The minimum atomic E-state index is -4.14. The maximum Gasteiger partial charge on any atom is 0.663 e. The van der Waals surface area contributed by atoms with Crippen LogP contribution in [0.5, 0.6) is 11.5 Å². The van der Waals surface area contributed by atoms with Crippen molar-refractivity contribution in [1.82, 2.24) is 0 Å². The summed E-state index contributed by atoms with van der Waals surface area (Å²) < 4.78 is 11.9. The average Bonchev–Trinajstić information content (AvgIpc) is 3.40. The van der Waals surface area contributed by atoms with E-state index in [4.69, 9.17) is 9.05 Å². The molecule has 5 heteroatoms. The Labute approximate surface area is 199 Å². The summed E-state index contributed by atoms with van der Waals surface area (Å²) in [6.45, 7) is 0. The Morgan fingerprint density at radius 2 is 1.03 bits per heavy atom. The van der Waals surface area contributed by atoms with E-state index in [2.05, 4.69) is 36.4 Å². The number of benzene rings is 4. The van der Waals surface area contributed by atoms with Gasteiger partial charge in [-0.1, -0.05) is 72.8 Å². The normalized spacial score (nSPS) is 18.2. The van der Waals surface area contributed by atoms with Crippen LogP contribution in [0.3, 0.4) is 0 Å². The van der Waals surface area contributed by atoms with Gasteiger partial charge < -0.3 is 0 Å². The maximum absolute atomic E-state index is 10.9. The Balaban J connectivity index is 1.46. The second kappa shape index (κ2) is 7.16. The fraction of sp³-hybridized carbons (Fsp3) is 0.172. The first-order chi connectivity index (χ1) is 16.5. The minimum Gasteiger partial charge on any atom is -0.254 e. The van der Waals surface area contributed by atoms with Crippen molar-refractivity contribution in [3.63, 3.8) is 0 Å². The Morgan fingerprint density at radius 1 is 0.588 bits per heavy atom. The van der Waals surface area contributed by atoms with Gasteiger partial charge in [-0.15, -0.1) is 0 Å². The third kappa shape index (κ3) is 2.96. The van der Waals surface area contributed by atoms with Crippen LogP contribution >= 0.6 is 8.17 Å². The van der Waals surface area contributed by atoms with Crippen molar-refractivity contribution >= 4 is 8.17 Å². The Kier molecular flexibility index (Phi) is 4.26. The van der Waals surface area contributed by atoms with Gasteiger partial charge in [0, 0.05) is 16.5 Å². The largest absolute Gasteiger partial charge is 0.663 e. The Morgan fingerprint density at radius 3 is 1.47 bits per heavy atom. The molecule has 0 fully saturated rings. The van der Waals surface area contributed by atoms with E-state index >= 15 is 0 Å². The average molecular weight is 467 g/mol. The molecule has 1 spiro atoms. The van der Waals surface area contributed by atoms with E-state index in [1.807, 2.05) is 48.5 Å². The van der Waals surface area contributed by atoms with Crippen molar-refractivity contribution in [3.8, 4) is 33.8 Å². The molecule has 0 amide bonds. The molecule has 0 bridgehead atoms. The van der Waals surface area contributed by atoms with E-state index in [0.29, 0.717) is 11.5 Å².